The lowest BCUT2D eigenvalue weighted by atomic mass is 9.98. The molecule has 1 amide bonds. The number of hydrogen-bond donors (Lipinski definition) is 2. The molecule has 0 bridgehead atoms. The molecule has 1 fully saturated rings. The van der Waals surface area contributed by atoms with E-state index in [-0.39, 0.29) is 18.4 Å². The molecule has 1 unspecified atom stereocenters. The van der Waals surface area contributed by atoms with Crippen molar-refractivity contribution in [2.75, 3.05) is 18.4 Å². The second-order valence-corrected chi connectivity index (χ2v) is 5.51. The van der Waals surface area contributed by atoms with Crippen LogP contribution >= 0.6 is 0 Å². The van der Waals surface area contributed by atoms with Crippen molar-refractivity contribution in [1.29, 1.82) is 0 Å². The lowest BCUT2D eigenvalue weighted by Crippen LogP contribution is -2.34. The number of carbonyl (C=O) groups excluding carboxylic acids is 1. The maximum absolute atomic E-state index is 11.2. The molecule has 0 aliphatic carbocycles. The zero-order chi connectivity index (χ0) is 15.2. The smallest absolute Gasteiger partial charge is 0.305 e. The fourth-order valence-electron chi connectivity index (χ4n) is 2.85. The van der Waals surface area contributed by atoms with Gasteiger partial charge in [0, 0.05) is 18.7 Å². The third kappa shape index (κ3) is 4.56. The molecule has 1 heterocycles. The number of carboxylic acid groups (broad SMARTS) is 1. The van der Waals surface area contributed by atoms with Crippen molar-refractivity contribution in [2.45, 2.75) is 38.6 Å². The summed E-state index contributed by atoms with van der Waals surface area (Å²) in [6, 6.07) is 7.39. The van der Waals surface area contributed by atoms with Crippen molar-refractivity contribution in [2.24, 2.45) is 0 Å². The van der Waals surface area contributed by atoms with E-state index in [9.17, 15) is 9.59 Å². The molecule has 0 saturated carbocycles. The molecule has 2 rings (SSSR count). The number of carboxylic acids is 1. The number of amides is 1. The van der Waals surface area contributed by atoms with Gasteiger partial charge in [-0.15, -0.1) is 0 Å². The van der Waals surface area contributed by atoms with Gasteiger partial charge in [0.05, 0.1) is 6.42 Å². The van der Waals surface area contributed by atoms with E-state index in [1.54, 1.807) is 0 Å². The van der Waals surface area contributed by atoms with Crippen LogP contribution < -0.4 is 5.32 Å². The SMILES string of the molecule is CC(=O)Nc1ccc(C(CC(=O)O)N2CCCCC2)cc1. The van der Waals surface area contributed by atoms with Gasteiger partial charge in [-0.1, -0.05) is 18.6 Å². The molecule has 114 valence electrons. The Balaban J connectivity index is 2.15. The average Bonchev–Trinajstić information content (AvgIpc) is 2.46. The van der Waals surface area contributed by atoms with E-state index in [0.717, 1.165) is 37.2 Å². The van der Waals surface area contributed by atoms with Crippen LogP contribution in [0.15, 0.2) is 24.3 Å². The van der Waals surface area contributed by atoms with Crippen LogP contribution in [0.1, 0.15) is 44.2 Å². The number of nitrogens with one attached hydrogen (secondary N) is 1. The lowest BCUT2D eigenvalue weighted by molar-refractivity contribution is -0.138. The van der Waals surface area contributed by atoms with Crippen molar-refractivity contribution >= 4 is 17.6 Å². The Morgan fingerprint density at radius 2 is 1.81 bits per heavy atom. The van der Waals surface area contributed by atoms with Crippen molar-refractivity contribution in [3.63, 3.8) is 0 Å². The predicted octanol–water partition coefficient (Wildman–Crippen LogP) is 2.65. The molecule has 0 radical (unpaired) electrons. The summed E-state index contributed by atoms with van der Waals surface area (Å²) in [6.07, 6.45) is 3.58. The van der Waals surface area contributed by atoms with Gasteiger partial charge in [0.25, 0.3) is 0 Å². The van der Waals surface area contributed by atoms with Crippen LogP contribution in [0.5, 0.6) is 0 Å². The fraction of sp³-hybridized carbons (Fsp3) is 0.500. The van der Waals surface area contributed by atoms with Gasteiger partial charge in [-0.2, -0.15) is 0 Å². The van der Waals surface area contributed by atoms with Gasteiger partial charge in [-0.25, -0.2) is 0 Å². The monoisotopic (exact) mass is 290 g/mol. The van der Waals surface area contributed by atoms with Crippen LogP contribution in [-0.4, -0.2) is 35.0 Å². The second kappa shape index (κ2) is 7.22. The van der Waals surface area contributed by atoms with Crippen molar-refractivity contribution in [3.05, 3.63) is 29.8 Å². The summed E-state index contributed by atoms with van der Waals surface area (Å²) in [5, 5.41) is 11.9. The highest BCUT2D eigenvalue weighted by Crippen LogP contribution is 2.28. The Bertz CT molecular complexity index is 493. The Morgan fingerprint density at radius 1 is 1.19 bits per heavy atom. The first kappa shape index (κ1) is 15.5. The van der Waals surface area contributed by atoms with Crippen LogP contribution in [0.4, 0.5) is 5.69 Å². The molecule has 5 nitrogen and oxygen atoms in total. The van der Waals surface area contributed by atoms with Crippen molar-refractivity contribution < 1.29 is 14.7 Å². The number of hydrogen-bond acceptors (Lipinski definition) is 3. The van der Waals surface area contributed by atoms with E-state index in [2.05, 4.69) is 10.2 Å². The first-order valence-electron chi connectivity index (χ1n) is 7.39. The van der Waals surface area contributed by atoms with E-state index in [0.29, 0.717) is 0 Å². The van der Waals surface area contributed by atoms with Crippen LogP contribution in [0.25, 0.3) is 0 Å². The number of carbonyl (C=O) groups is 2. The third-order valence-corrected chi connectivity index (χ3v) is 3.82. The first-order chi connectivity index (χ1) is 10.1. The molecule has 1 atom stereocenters. The van der Waals surface area contributed by atoms with Crippen LogP contribution in [0.2, 0.25) is 0 Å². The number of piperidine rings is 1. The second-order valence-electron chi connectivity index (χ2n) is 5.51. The molecule has 1 aliphatic rings. The molecule has 2 N–H and O–H groups in total. The molecule has 1 saturated heterocycles. The summed E-state index contributed by atoms with van der Waals surface area (Å²) < 4.78 is 0. The molecule has 0 spiro atoms. The minimum atomic E-state index is -0.781. The molecule has 1 aromatic rings. The molecular formula is C16H22N2O3. The molecule has 5 heteroatoms. The zero-order valence-corrected chi connectivity index (χ0v) is 12.3. The Morgan fingerprint density at radius 3 is 2.33 bits per heavy atom. The number of aliphatic carboxylic acids is 1. The van der Waals surface area contributed by atoms with Gasteiger partial charge in [0.2, 0.25) is 5.91 Å². The third-order valence-electron chi connectivity index (χ3n) is 3.82. The normalized spacial score (nSPS) is 17.2. The number of nitrogens with zero attached hydrogens (tertiary/aromatic N) is 1. The molecule has 1 aromatic carbocycles. The largest absolute Gasteiger partial charge is 0.481 e. The highest BCUT2D eigenvalue weighted by Gasteiger charge is 2.24. The maximum Gasteiger partial charge on any atom is 0.305 e. The van der Waals surface area contributed by atoms with Crippen molar-refractivity contribution in [3.8, 4) is 0 Å². The molecule has 1 aliphatic heterocycles. The summed E-state index contributed by atoms with van der Waals surface area (Å²) >= 11 is 0. The number of likely N-dealkylation sites (tertiary alicyclic amines) is 1. The first-order valence-corrected chi connectivity index (χ1v) is 7.39. The molecular weight excluding hydrogens is 268 g/mol. The fourth-order valence-corrected chi connectivity index (χ4v) is 2.85. The summed E-state index contributed by atoms with van der Waals surface area (Å²) in [5.74, 6) is -0.891. The van der Waals surface area contributed by atoms with Gasteiger partial charge in [-0.05, 0) is 43.6 Å². The van der Waals surface area contributed by atoms with E-state index >= 15 is 0 Å². The highest BCUT2D eigenvalue weighted by atomic mass is 16.4. The number of benzene rings is 1. The summed E-state index contributed by atoms with van der Waals surface area (Å²) in [4.78, 5) is 24.4. The van der Waals surface area contributed by atoms with Gasteiger partial charge >= 0.3 is 5.97 Å². The topological polar surface area (TPSA) is 69.6 Å². The van der Waals surface area contributed by atoms with Gasteiger partial charge in [0.15, 0.2) is 0 Å². The van der Waals surface area contributed by atoms with Crippen LogP contribution in [-0.2, 0) is 9.59 Å². The van der Waals surface area contributed by atoms with Crippen molar-refractivity contribution in [1.82, 2.24) is 4.90 Å². The maximum atomic E-state index is 11.2. The molecule has 0 aromatic heterocycles. The standard InChI is InChI=1S/C16H22N2O3/c1-12(19)17-14-7-5-13(6-8-14)15(11-16(20)21)18-9-3-2-4-10-18/h5-8,15H,2-4,9-11H2,1H3,(H,17,19)(H,20,21). The molecule has 21 heavy (non-hydrogen) atoms. The number of rotatable bonds is 5. The van der Waals surface area contributed by atoms with Gasteiger partial charge in [-0.3, -0.25) is 14.5 Å². The minimum Gasteiger partial charge on any atom is -0.481 e. The zero-order valence-electron chi connectivity index (χ0n) is 12.3. The highest BCUT2D eigenvalue weighted by molar-refractivity contribution is 5.88. The van der Waals surface area contributed by atoms with Gasteiger partial charge in [0.1, 0.15) is 0 Å². The summed E-state index contributed by atoms with van der Waals surface area (Å²) in [5.41, 5.74) is 1.73. The van der Waals surface area contributed by atoms with Gasteiger partial charge < -0.3 is 10.4 Å². The van der Waals surface area contributed by atoms with Crippen LogP contribution in [0, 0.1) is 0 Å². The lowest BCUT2D eigenvalue weighted by Gasteiger charge is -2.34. The van der Waals surface area contributed by atoms with Crippen LogP contribution in [0.3, 0.4) is 0 Å². The van der Waals surface area contributed by atoms with E-state index < -0.39 is 5.97 Å². The summed E-state index contributed by atoms with van der Waals surface area (Å²) in [7, 11) is 0. The van der Waals surface area contributed by atoms with E-state index in [1.165, 1.54) is 13.3 Å². The minimum absolute atomic E-state index is 0.0887. The summed E-state index contributed by atoms with van der Waals surface area (Å²) in [6.45, 7) is 3.37. The quantitative estimate of drug-likeness (QED) is 0.874. The Hall–Kier alpha value is -1.88. The Labute approximate surface area is 125 Å². The average molecular weight is 290 g/mol. The van der Waals surface area contributed by atoms with E-state index in [4.69, 9.17) is 5.11 Å². The predicted molar refractivity (Wildman–Crippen MR) is 81.2 cm³/mol. The van der Waals surface area contributed by atoms with E-state index in [1.807, 2.05) is 24.3 Å². The Kier molecular flexibility index (Phi) is 5.33. The number of anilines is 1.